The summed E-state index contributed by atoms with van der Waals surface area (Å²) in [6.45, 7) is 10.0. The summed E-state index contributed by atoms with van der Waals surface area (Å²) in [6.07, 6.45) is 1.62. The van der Waals surface area contributed by atoms with Crippen LogP contribution >= 0.6 is 0 Å². The molecule has 1 aromatic heterocycles. The zero-order valence-electron chi connectivity index (χ0n) is 13.8. The lowest BCUT2D eigenvalue weighted by Gasteiger charge is -2.40. The number of nitrogens with zero attached hydrogens (tertiary/aromatic N) is 4. The molecule has 1 aliphatic rings. The normalized spacial score (nSPS) is 18.0. The maximum Gasteiger partial charge on any atom is 0.315 e. The Kier molecular flexibility index (Phi) is 5.36. The summed E-state index contributed by atoms with van der Waals surface area (Å²) >= 11 is 0. The Hall–Kier alpha value is -1.67. The van der Waals surface area contributed by atoms with E-state index in [9.17, 15) is 4.79 Å². The van der Waals surface area contributed by atoms with Crippen LogP contribution in [0.5, 0.6) is 0 Å². The molecule has 0 saturated carbocycles. The van der Waals surface area contributed by atoms with E-state index in [0.29, 0.717) is 6.54 Å². The Bertz CT molecular complexity index is 495. The van der Waals surface area contributed by atoms with Gasteiger partial charge in [0, 0.05) is 32.2 Å². The summed E-state index contributed by atoms with van der Waals surface area (Å²) in [6, 6.07) is -0.393. The second-order valence-corrected chi connectivity index (χ2v) is 6.26. The lowest BCUT2D eigenvalue weighted by molar-refractivity contribution is -0.00876. The summed E-state index contributed by atoms with van der Waals surface area (Å²) in [7, 11) is 1.85. The predicted molar refractivity (Wildman–Crippen MR) is 82.4 cm³/mol. The molecule has 22 heavy (non-hydrogen) atoms. The fraction of sp³-hybridized carbons (Fsp3) is 0.786. The van der Waals surface area contributed by atoms with Crippen molar-refractivity contribution in [2.75, 3.05) is 32.8 Å². The third-order valence-corrected chi connectivity index (χ3v) is 4.03. The molecule has 0 bridgehead atoms. The zero-order valence-corrected chi connectivity index (χ0v) is 13.8. The van der Waals surface area contributed by atoms with E-state index < -0.39 is 0 Å². The van der Waals surface area contributed by atoms with Crippen molar-refractivity contribution in [3.05, 3.63) is 12.2 Å². The monoisotopic (exact) mass is 310 g/mol. The van der Waals surface area contributed by atoms with Gasteiger partial charge in [-0.05, 0) is 20.8 Å². The average Bonchev–Trinajstić information content (AvgIpc) is 2.92. The van der Waals surface area contributed by atoms with Gasteiger partial charge in [-0.1, -0.05) is 0 Å². The number of morpholine rings is 1. The maximum absolute atomic E-state index is 12.1. The van der Waals surface area contributed by atoms with Gasteiger partial charge in [-0.25, -0.2) is 4.79 Å². The van der Waals surface area contributed by atoms with Gasteiger partial charge in [-0.15, -0.1) is 10.2 Å². The molecule has 124 valence electrons. The number of amides is 2. The molecule has 1 saturated heterocycles. The highest BCUT2D eigenvalue weighted by atomic mass is 16.5. The van der Waals surface area contributed by atoms with E-state index in [1.54, 1.807) is 10.9 Å². The molecule has 0 aliphatic carbocycles. The Labute approximate surface area is 131 Å². The van der Waals surface area contributed by atoms with Gasteiger partial charge in [0.05, 0.1) is 19.3 Å². The van der Waals surface area contributed by atoms with Crippen molar-refractivity contribution in [1.29, 1.82) is 0 Å². The van der Waals surface area contributed by atoms with Crippen molar-refractivity contribution in [3.8, 4) is 0 Å². The average molecular weight is 310 g/mol. The van der Waals surface area contributed by atoms with Gasteiger partial charge >= 0.3 is 6.03 Å². The van der Waals surface area contributed by atoms with Crippen molar-refractivity contribution < 1.29 is 9.53 Å². The van der Waals surface area contributed by atoms with Crippen LogP contribution in [0.4, 0.5) is 4.79 Å². The number of nitrogens with one attached hydrogen (secondary N) is 2. The van der Waals surface area contributed by atoms with Crippen LogP contribution in [0, 0.1) is 0 Å². The molecule has 1 atom stereocenters. The molecule has 8 heteroatoms. The van der Waals surface area contributed by atoms with E-state index in [2.05, 4.69) is 39.6 Å². The molecule has 0 radical (unpaired) electrons. The quantitative estimate of drug-likeness (QED) is 0.816. The van der Waals surface area contributed by atoms with Crippen molar-refractivity contribution in [3.63, 3.8) is 0 Å². The number of rotatable bonds is 5. The maximum atomic E-state index is 12.1. The first-order valence-corrected chi connectivity index (χ1v) is 7.61. The van der Waals surface area contributed by atoms with E-state index >= 15 is 0 Å². The second-order valence-electron chi connectivity index (χ2n) is 6.26. The number of carbonyl (C=O) groups excluding carboxylic acids is 1. The van der Waals surface area contributed by atoms with Gasteiger partial charge in [-0.3, -0.25) is 4.90 Å². The molecule has 2 amide bonds. The number of carbonyl (C=O) groups is 1. The predicted octanol–water partition coefficient (Wildman–Crippen LogP) is 0.286. The summed E-state index contributed by atoms with van der Waals surface area (Å²) in [4.78, 5) is 14.4. The number of urea groups is 1. The first kappa shape index (κ1) is 16.7. The van der Waals surface area contributed by atoms with E-state index in [0.717, 1.165) is 32.1 Å². The van der Waals surface area contributed by atoms with Gasteiger partial charge in [0.2, 0.25) is 0 Å². The lowest BCUT2D eigenvalue weighted by Crippen LogP contribution is -2.56. The number of aromatic nitrogens is 3. The summed E-state index contributed by atoms with van der Waals surface area (Å²) in [5, 5.41) is 13.6. The Morgan fingerprint density at radius 3 is 2.73 bits per heavy atom. The third kappa shape index (κ3) is 4.17. The molecule has 0 aromatic carbocycles. The molecule has 2 rings (SSSR count). The van der Waals surface area contributed by atoms with Crippen LogP contribution in [0.1, 0.15) is 32.6 Å². The minimum absolute atomic E-state index is 0.102. The number of hydrogen-bond acceptors (Lipinski definition) is 5. The first-order valence-electron chi connectivity index (χ1n) is 7.61. The SMILES string of the molecule is C[C@@H](NC(=O)NCC(C)(C)N1CCOCC1)c1nncn1C. The standard InChI is InChI=1S/C14H26N6O2/c1-11(12-18-16-10-19(12)4)17-13(21)15-9-14(2,3)20-5-7-22-8-6-20/h10-11H,5-9H2,1-4H3,(H2,15,17,21)/t11-/m1/s1. The number of hydrogen-bond donors (Lipinski definition) is 2. The summed E-state index contributed by atoms with van der Waals surface area (Å²) in [5.74, 6) is 0.725. The smallest absolute Gasteiger partial charge is 0.315 e. The first-order chi connectivity index (χ1) is 10.4. The summed E-state index contributed by atoms with van der Waals surface area (Å²) in [5.41, 5.74) is -0.102. The van der Waals surface area contributed by atoms with Crippen molar-refractivity contribution in [2.24, 2.45) is 7.05 Å². The van der Waals surface area contributed by atoms with E-state index in [-0.39, 0.29) is 17.6 Å². The van der Waals surface area contributed by atoms with Crippen LogP contribution in [-0.2, 0) is 11.8 Å². The topological polar surface area (TPSA) is 84.3 Å². The van der Waals surface area contributed by atoms with Crippen molar-refractivity contribution in [2.45, 2.75) is 32.4 Å². The molecule has 1 fully saturated rings. The van der Waals surface area contributed by atoms with Crippen molar-refractivity contribution in [1.82, 2.24) is 30.3 Å². The zero-order chi connectivity index (χ0) is 16.2. The Balaban J connectivity index is 1.80. The van der Waals surface area contributed by atoms with Gasteiger partial charge in [0.15, 0.2) is 5.82 Å². The fourth-order valence-corrected chi connectivity index (χ4v) is 2.57. The van der Waals surface area contributed by atoms with Crippen LogP contribution < -0.4 is 10.6 Å². The fourth-order valence-electron chi connectivity index (χ4n) is 2.57. The van der Waals surface area contributed by atoms with Gasteiger partial charge in [-0.2, -0.15) is 0 Å². The van der Waals surface area contributed by atoms with E-state index in [1.165, 1.54) is 0 Å². The van der Waals surface area contributed by atoms with Crippen LogP contribution in [-0.4, -0.2) is 64.1 Å². The molecule has 1 aromatic rings. The van der Waals surface area contributed by atoms with Gasteiger partial charge in [0.25, 0.3) is 0 Å². The molecule has 0 unspecified atom stereocenters. The second kappa shape index (κ2) is 7.06. The number of ether oxygens (including phenoxy) is 1. The number of aryl methyl sites for hydroxylation is 1. The molecule has 2 heterocycles. The molecule has 2 N–H and O–H groups in total. The minimum Gasteiger partial charge on any atom is -0.379 e. The minimum atomic E-state index is -0.197. The largest absolute Gasteiger partial charge is 0.379 e. The Morgan fingerprint density at radius 1 is 1.45 bits per heavy atom. The highest BCUT2D eigenvalue weighted by molar-refractivity contribution is 5.74. The molecule has 1 aliphatic heterocycles. The summed E-state index contributed by atoms with van der Waals surface area (Å²) < 4.78 is 7.16. The molecular weight excluding hydrogens is 284 g/mol. The van der Waals surface area contributed by atoms with Crippen molar-refractivity contribution >= 4 is 6.03 Å². The van der Waals surface area contributed by atoms with E-state index in [4.69, 9.17) is 4.74 Å². The van der Waals surface area contributed by atoms with Gasteiger partial charge in [0.1, 0.15) is 6.33 Å². The van der Waals surface area contributed by atoms with Crippen LogP contribution in [0.3, 0.4) is 0 Å². The third-order valence-electron chi connectivity index (χ3n) is 4.03. The molecular formula is C14H26N6O2. The molecule has 8 nitrogen and oxygen atoms in total. The highest BCUT2D eigenvalue weighted by Crippen LogP contribution is 2.15. The van der Waals surface area contributed by atoms with Crippen LogP contribution in [0.15, 0.2) is 6.33 Å². The Morgan fingerprint density at radius 2 is 2.14 bits per heavy atom. The highest BCUT2D eigenvalue weighted by Gasteiger charge is 2.28. The van der Waals surface area contributed by atoms with Gasteiger partial charge < -0.3 is 19.9 Å². The van der Waals surface area contributed by atoms with E-state index in [1.807, 2.05) is 14.0 Å². The van der Waals surface area contributed by atoms with Crippen LogP contribution in [0.2, 0.25) is 0 Å². The molecule has 0 spiro atoms. The van der Waals surface area contributed by atoms with Crippen LogP contribution in [0.25, 0.3) is 0 Å². The lowest BCUT2D eigenvalue weighted by atomic mass is 10.0.